The van der Waals surface area contributed by atoms with Gasteiger partial charge in [-0.2, -0.15) is 0 Å². The van der Waals surface area contributed by atoms with E-state index in [1.165, 1.54) is 6.42 Å². The monoisotopic (exact) mass is 252 g/mol. The van der Waals surface area contributed by atoms with Crippen LogP contribution in [0.5, 0.6) is 0 Å². The first kappa shape index (κ1) is 12.7. The minimum atomic E-state index is 0.258. The lowest BCUT2D eigenvalue weighted by Crippen LogP contribution is -2.32. The summed E-state index contributed by atoms with van der Waals surface area (Å²) in [5, 5.41) is 3.22. The fraction of sp³-hybridized carbons (Fsp3) is 0.692. The topological polar surface area (TPSA) is 33.2 Å². The standard InChI is InChI=1S/C13H20N2OS/c1-10-14-12(9-17-10)8-15(2)7-11-5-3-4-6-13(11)16/h9,11H,3-8H2,1-2H3. The molecule has 1 fully saturated rings. The Morgan fingerprint density at radius 1 is 1.53 bits per heavy atom. The molecule has 1 saturated carbocycles. The summed E-state index contributed by atoms with van der Waals surface area (Å²) in [5.74, 6) is 0.714. The van der Waals surface area contributed by atoms with E-state index >= 15 is 0 Å². The smallest absolute Gasteiger partial charge is 0.137 e. The van der Waals surface area contributed by atoms with E-state index in [-0.39, 0.29) is 5.92 Å². The molecule has 1 aromatic rings. The molecule has 2 rings (SSSR count). The molecule has 17 heavy (non-hydrogen) atoms. The van der Waals surface area contributed by atoms with Gasteiger partial charge in [0, 0.05) is 30.8 Å². The second kappa shape index (κ2) is 5.74. The molecule has 1 heterocycles. The predicted octanol–water partition coefficient (Wildman–Crippen LogP) is 2.64. The van der Waals surface area contributed by atoms with Crippen LogP contribution in [0.25, 0.3) is 0 Å². The molecule has 0 aliphatic heterocycles. The zero-order chi connectivity index (χ0) is 12.3. The maximum absolute atomic E-state index is 11.7. The van der Waals surface area contributed by atoms with Crippen LogP contribution in [-0.4, -0.2) is 29.3 Å². The molecule has 0 radical (unpaired) electrons. The van der Waals surface area contributed by atoms with E-state index in [1.54, 1.807) is 11.3 Å². The Morgan fingerprint density at radius 3 is 3.00 bits per heavy atom. The van der Waals surface area contributed by atoms with E-state index in [0.717, 1.165) is 43.1 Å². The summed E-state index contributed by atoms with van der Waals surface area (Å²) < 4.78 is 0. The van der Waals surface area contributed by atoms with Crippen molar-refractivity contribution in [3.05, 3.63) is 16.1 Å². The third-order valence-electron chi connectivity index (χ3n) is 3.31. The normalized spacial score (nSPS) is 21.1. The van der Waals surface area contributed by atoms with Crippen LogP contribution >= 0.6 is 11.3 Å². The molecule has 0 aromatic carbocycles. The molecule has 1 aliphatic carbocycles. The van der Waals surface area contributed by atoms with Crippen LogP contribution in [0.3, 0.4) is 0 Å². The third kappa shape index (κ3) is 3.61. The molecule has 0 N–H and O–H groups in total. The lowest BCUT2D eigenvalue weighted by molar-refractivity contribution is -0.125. The summed E-state index contributed by atoms with van der Waals surface area (Å²) in [4.78, 5) is 18.4. The van der Waals surface area contributed by atoms with E-state index in [0.29, 0.717) is 5.78 Å². The number of thiazole rings is 1. The molecule has 4 heteroatoms. The molecular weight excluding hydrogens is 232 g/mol. The molecule has 1 atom stereocenters. The first-order chi connectivity index (χ1) is 8.15. The number of carbonyl (C=O) groups excluding carboxylic acids is 1. The minimum absolute atomic E-state index is 0.258. The fourth-order valence-corrected chi connectivity index (χ4v) is 3.05. The number of carbonyl (C=O) groups is 1. The van der Waals surface area contributed by atoms with Gasteiger partial charge in [0.05, 0.1) is 10.7 Å². The van der Waals surface area contributed by atoms with Gasteiger partial charge in [0.15, 0.2) is 0 Å². The number of hydrogen-bond acceptors (Lipinski definition) is 4. The van der Waals surface area contributed by atoms with Gasteiger partial charge in [0.25, 0.3) is 0 Å². The highest BCUT2D eigenvalue weighted by atomic mass is 32.1. The van der Waals surface area contributed by atoms with Crippen molar-refractivity contribution in [1.82, 2.24) is 9.88 Å². The lowest BCUT2D eigenvalue weighted by atomic mass is 9.87. The van der Waals surface area contributed by atoms with Crippen LogP contribution in [0.4, 0.5) is 0 Å². The van der Waals surface area contributed by atoms with Crippen LogP contribution in [-0.2, 0) is 11.3 Å². The van der Waals surface area contributed by atoms with Gasteiger partial charge >= 0.3 is 0 Å². The van der Waals surface area contributed by atoms with Crippen molar-refractivity contribution < 1.29 is 4.79 Å². The van der Waals surface area contributed by atoms with E-state index in [1.807, 2.05) is 6.92 Å². The highest BCUT2D eigenvalue weighted by Gasteiger charge is 2.23. The molecule has 1 aromatic heterocycles. The first-order valence-corrected chi connectivity index (χ1v) is 7.15. The van der Waals surface area contributed by atoms with Crippen molar-refractivity contribution in [2.45, 2.75) is 39.2 Å². The Labute approximate surface area is 107 Å². The van der Waals surface area contributed by atoms with Crippen molar-refractivity contribution in [3.63, 3.8) is 0 Å². The summed E-state index contributed by atoms with van der Waals surface area (Å²) in [6.45, 7) is 3.77. The molecule has 0 amide bonds. The number of ketones is 1. The van der Waals surface area contributed by atoms with Crippen molar-refractivity contribution >= 4 is 17.1 Å². The summed E-state index contributed by atoms with van der Waals surface area (Å²) in [6, 6.07) is 0. The Morgan fingerprint density at radius 2 is 2.35 bits per heavy atom. The average molecular weight is 252 g/mol. The Kier molecular flexibility index (Phi) is 4.29. The second-order valence-corrected chi connectivity index (χ2v) is 6.03. The van der Waals surface area contributed by atoms with Crippen LogP contribution < -0.4 is 0 Å². The zero-order valence-corrected chi connectivity index (χ0v) is 11.4. The predicted molar refractivity (Wildman–Crippen MR) is 70.2 cm³/mol. The molecule has 0 bridgehead atoms. The maximum Gasteiger partial charge on any atom is 0.137 e. The zero-order valence-electron chi connectivity index (χ0n) is 10.6. The van der Waals surface area contributed by atoms with Crippen LogP contribution in [0, 0.1) is 12.8 Å². The molecule has 0 saturated heterocycles. The van der Waals surface area contributed by atoms with Crippen molar-refractivity contribution in [3.8, 4) is 0 Å². The number of rotatable bonds is 4. The van der Waals surface area contributed by atoms with Gasteiger partial charge in [-0.1, -0.05) is 6.42 Å². The number of aryl methyl sites for hydroxylation is 1. The van der Waals surface area contributed by atoms with Crippen molar-refractivity contribution in [1.29, 1.82) is 0 Å². The summed E-state index contributed by atoms with van der Waals surface area (Å²) >= 11 is 1.69. The molecule has 94 valence electrons. The van der Waals surface area contributed by atoms with Crippen LogP contribution in [0.2, 0.25) is 0 Å². The number of Topliss-reactive ketones (excluding diaryl/α,β-unsaturated/α-hetero) is 1. The van der Waals surface area contributed by atoms with Crippen LogP contribution in [0.15, 0.2) is 5.38 Å². The SMILES string of the molecule is Cc1nc(CN(C)CC2CCCCC2=O)cs1. The van der Waals surface area contributed by atoms with Gasteiger partial charge in [0.1, 0.15) is 5.78 Å². The largest absolute Gasteiger partial charge is 0.300 e. The van der Waals surface area contributed by atoms with Gasteiger partial charge in [-0.3, -0.25) is 9.69 Å². The van der Waals surface area contributed by atoms with Gasteiger partial charge in [-0.05, 0) is 26.8 Å². The first-order valence-electron chi connectivity index (χ1n) is 6.27. The van der Waals surface area contributed by atoms with Gasteiger partial charge in [0.2, 0.25) is 0 Å². The molecule has 1 unspecified atom stereocenters. The average Bonchev–Trinajstić information content (AvgIpc) is 2.67. The van der Waals surface area contributed by atoms with Gasteiger partial charge in [-0.25, -0.2) is 4.98 Å². The van der Waals surface area contributed by atoms with E-state index in [9.17, 15) is 4.79 Å². The number of hydrogen-bond donors (Lipinski definition) is 0. The van der Waals surface area contributed by atoms with Crippen LogP contribution in [0.1, 0.15) is 36.4 Å². The van der Waals surface area contributed by atoms with Crippen molar-refractivity contribution in [2.24, 2.45) is 5.92 Å². The summed E-state index contributed by atoms with van der Waals surface area (Å²) in [6.07, 6.45) is 4.15. The maximum atomic E-state index is 11.7. The minimum Gasteiger partial charge on any atom is -0.300 e. The van der Waals surface area contributed by atoms with Gasteiger partial charge < -0.3 is 0 Å². The number of nitrogens with zero attached hydrogens (tertiary/aromatic N) is 2. The molecular formula is C13H20N2OS. The summed E-state index contributed by atoms with van der Waals surface area (Å²) in [5.41, 5.74) is 1.12. The summed E-state index contributed by atoms with van der Waals surface area (Å²) in [7, 11) is 2.08. The lowest BCUT2D eigenvalue weighted by Gasteiger charge is -2.25. The Hall–Kier alpha value is -0.740. The molecule has 1 aliphatic rings. The highest BCUT2D eigenvalue weighted by Crippen LogP contribution is 2.21. The third-order valence-corrected chi connectivity index (χ3v) is 4.13. The van der Waals surface area contributed by atoms with Gasteiger partial charge in [-0.15, -0.1) is 11.3 Å². The molecule has 3 nitrogen and oxygen atoms in total. The second-order valence-electron chi connectivity index (χ2n) is 4.96. The van der Waals surface area contributed by atoms with E-state index in [2.05, 4.69) is 22.3 Å². The molecule has 0 spiro atoms. The highest BCUT2D eigenvalue weighted by molar-refractivity contribution is 7.09. The number of aromatic nitrogens is 1. The Bertz CT molecular complexity index is 389. The van der Waals surface area contributed by atoms with Crippen molar-refractivity contribution in [2.75, 3.05) is 13.6 Å². The Balaban J connectivity index is 1.84. The van der Waals surface area contributed by atoms with E-state index in [4.69, 9.17) is 0 Å². The van der Waals surface area contributed by atoms with E-state index < -0.39 is 0 Å². The fourth-order valence-electron chi connectivity index (χ4n) is 2.45. The quantitative estimate of drug-likeness (QED) is 0.826.